The summed E-state index contributed by atoms with van der Waals surface area (Å²) >= 11 is 0.896. The summed E-state index contributed by atoms with van der Waals surface area (Å²) in [6.45, 7) is 6.87. The van der Waals surface area contributed by atoms with Crippen LogP contribution in [0.5, 0.6) is 0 Å². The molecule has 0 aliphatic carbocycles. The first-order valence-corrected chi connectivity index (χ1v) is 10.1. The zero-order chi connectivity index (χ0) is 22.4. The van der Waals surface area contributed by atoms with Crippen LogP contribution in [0.3, 0.4) is 0 Å². The van der Waals surface area contributed by atoms with Crippen LogP contribution < -0.4 is 5.32 Å². The number of carbonyl (C=O) groups is 4. The molecule has 2 heterocycles. The average Bonchev–Trinajstić information content (AvgIpc) is 3.30. The standard InChI is InChI=1S/C19H23N3O7S/c1-5-9-29-18(26)13-10(3)14(19(27)28-6-2)30-16(13)21-15(23)11(4)22-12(17(24)25)7-8-20-22/h7-8,11H,5-6,9H2,1-4H3,(H,21,23)(H,24,25). The SMILES string of the molecule is CCCOC(=O)c1c(NC(=O)C(C)n2nccc2C(=O)O)sc(C(=O)OCC)c1C. The van der Waals surface area contributed by atoms with Crippen LogP contribution in [0.2, 0.25) is 0 Å². The maximum Gasteiger partial charge on any atom is 0.354 e. The van der Waals surface area contributed by atoms with Gasteiger partial charge in [0.2, 0.25) is 5.91 Å². The summed E-state index contributed by atoms with van der Waals surface area (Å²) in [6, 6.07) is 0.285. The van der Waals surface area contributed by atoms with Gasteiger partial charge in [0.1, 0.15) is 21.6 Å². The Hall–Kier alpha value is -3.21. The van der Waals surface area contributed by atoms with Crippen LogP contribution >= 0.6 is 11.3 Å². The number of ether oxygens (including phenoxy) is 2. The van der Waals surface area contributed by atoms with Gasteiger partial charge in [-0.3, -0.25) is 4.79 Å². The number of nitrogens with one attached hydrogen (secondary N) is 1. The number of aromatic nitrogens is 2. The Labute approximate surface area is 176 Å². The van der Waals surface area contributed by atoms with E-state index in [-0.39, 0.29) is 34.3 Å². The quantitative estimate of drug-likeness (QED) is 0.571. The molecule has 1 amide bonds. The maximum absolute atomic E-state index is 12.8. The van der Waals surface area contributed by atoms with E-state index in [2.05, 4.69) is 10.4 Å². The highest BCUT2D eigenvalue weighted by atomic mass is 32.1. The summed E-state index contributed by atoms with van der Waals surface area (Å²) in [5, 5.41) is 15.8. The minimum atomic E-state index is -1.23. The fraction of sp³-hybridized carbons (Fsp3) is 0.421. The van der Waals surface area contributed by atoms with Crippen molar-refractivity contribution in [1.82, 2.24) is 9.78 Å². The Morgan fingerprint density at radius 3 is 2.53 bits per heavy atom. The molecule has 0 saturated carbocycles. The molecule has 2 aromatic heterocycles. The Bertz CT molecular complexity index is 963. The van der Waals surface area contributed by atoms with E-state index in [1.807, 2.05) is 6.92 Å². The van der Waals surface area contributed by atoms with Crippen molar-refractivity contribution in [3.63, 3.8) is 0 Å². The Balaban J connectivity index is 2.38. The van der Waals surface area contributed by atoms with Crippen molar-refractivity contribution in [2.45, 2.75) is 40.2 Å². The minimum absolute atomic E-state index is 0.0657. The summed E-state index contributed by atoms with van der Waals surface area (Å²) in [5.74, 6) is -3.12. The molecule has 0 aromatic carbocycles. The van der Waals surface area contributed by atoms with Gasteiger partial charge in [0.25, 0.3) is 0 Å². The number of amides is 1. The zero-order valence-corrected chi connectivity index (χ0v) is 17.9. The largest absolute Gasteiger partial charge is 0.477 e. The van der Waals surface area contributed by atoms with Crippen LogP contribution in [0.1, 0.15) is 69.3 Å². The summed E-state index contributed by atoms with van der Waals surface area (Å²) in [4.78, 5) is 49.0. The van der Waals surface area contributed by atoms with Crippen LogP contribution in [0.25, 0.3) is 0 Å². The second-order valence-corrected chi connectivity index (χ2v) is 7.27. The molecule has 10 nitrogen and oxygen atoms in total. The normalized spacial score (nSPS) is 11.6. The van der Waals surface area contributed by atoms with Gasteiger partial charge in [-0.25, -0.2) is 19.1 Å². The summed E-state index contributed by atoms with van der Waals surface area (Å²) < 4.78 is 11.3. The number of hydrogen-bond donors (Lipinski definition) is 2. The van der Waals surface area contributed by atoms with Gasteiger partial charge in [0.05, 0.1) is 18.8 Å². The number of hydrogen-bond acceptors (Lipinski definition) is 8. The smallest absolute Gasteiger partial charge is 0.354 e. The number of carbonyl (C=O) groups excluding carboxylic acids is 3. The number of nitrogens with zero attached hydrogens (tertiary/aromatic N) is 2. The highest BCUT2D eigenvalue weighted by molar-refractivity contribution is 7.18. The van der Waals surface area contributed by atoms with Crippen molar-refractivity contribution in [3.8, 4) is 0 Å². The lowest BCUT2D eigenvalue weighted by molar-refractivity contribution is -0.119. The van der Waals surface area contributed by atoms with E-state index in [1.54, 1.807) is 13.8 Å². The third-order valence-electron chi connectivity index (χ3n) is 4.12. The first-order valence-electron chi connectivity index (χ1n) is 9.28. The zero-order valence-electron chi connectivity index (χ0n) is 17.1. The first kappa shape index (κ1) is 23.1. The molecular formula is C19H23N3O7S. The van der Waals surface area contributed by atoms with Gasteiger partial charge in [0, 0.05) is 6.20 Å². The Morgan fingerprint density at radius 1 is 1.23 bits per heavy atom. The van der Waals surface area contributed by atoms with Crippen molar-refractivity contribution in [1.29, 1.82) is 0 Å². The molecule has 0 bridgehead atoms. The van der Waals surface area contributed by atoms with E-state index in [4.69, 9.17) is 9.47 Å². The van der Waals surface area contributed by atoms with Crippen LogP contribution in [-0.2, 0) is 14.3 Å². The van der Waals surface area contributed by atoms with E-state index < -0.39 is 29.9 Å². The Morgan fingerprint density at radius 2 is 1.93 bits per heavy atom. The third-order valence-corrected chi connectivity index (χ3v) is 5.31. The molecule has 0 spiro atoms. The molecule has 2 aromatic rings. The van der Waals surface area contributed by atoms with E-state index >= 15 is 0 Å². The number of rotatable bonds is 9. The van der Waals surface area contributed by atoms with Gasteiger partial charge >= 0.3 is 17.9 Å². The summed E-state index contributed by atoms with van der Waals surface area (Å²) in [7, 11) is 0. The highest BCUT2D eigenvalue weighted by Gasteiger charge is 2.29. The molecule has 0 aliphatic rings. The molecule has 0 saturated heterocycles. The molecule has 0 fully saturated rings. The molecular weight excluding hydrogens is 414 g/mol. The van der Waals surface area contributed by atoms with E-state index in [1.165, 1.54) is 19.2 Å². The number of thiophene rings is 1. The van der Waals surface area contributed by atoms with Gasteiger partial charge in [-0.05, 0) is 38.8 Å². The van der Waals surface area contributed by atoms with Crippen LogP contribution in [-0.4, -0.2) is 51.9 Å². The molecule has 0 radical (unpaired) electrons. The highest BCUT2D eigenvalue weighted by Crippen LogP contribution is 2.35. The van der Waals surface area contributed by atoms with Crippen molar-refractivity contribution in [2.24, 2.45) is 0 Å². The lowest BCUT2D eigenvalue weighted by atomic mass is 10.1. The van der Waals surface area contributed by atoms with Gasteiger partial charge in [-0.15, -0.1) is 11.3 Å². The first-order chi connectivity index (χ1) is 14.2. The van der Waals surface area contributed by atoms with Crippen LogP contribution in [0, 0.1) is 6.92 Å². The molecule has 2 rings (SSSR count). The average molecular weight is 437 g/mol. The lowest BCUT2D eigenvalue weighted by Crippen LogP contribution is -2.27. The van der Waals surface area contributed by atoms with E-state index in [0.29, 0.717) is 12.0 Å². The number of anilines is 1. The van der Waals surface area contributed by atoms with E-state index in [9.17, 15) is 24.3 Å². The summed E-state index contributed by atoms with van der Waals surface area (Å²) in [6.07, 6.45) is 1.88. The Kier molecular flexibility index (Phi) is 7.70. The monoisotopic (exact) mass is 437 g/mol. The van der Waals surface area contributed by atoms with Gasteiger partial charge < -0.3 is 19.9 Å². The second-order valence-electron chi connectivity index (χ2n) is 6.25. The minimum Gasteiger partial charge on any atom is -0.477 e. The van der Waals surface area contributed by atoms with Crippen molar-refractivity contribution in [2.75, 3.05) is 18.5 Å². The molecule has 1 unspecified atom stereocenters. The van der Waals surface area contributed by atoms with Gasteiger partial charge in [-0.2, -0.15) is 5.10 Å². The molecule has 2 N–H and O–H groups in total. The van der Waals surface area contributed by atoms with Crippen molar-refractivity contribution in [3.05, 3.63) is 34.0 Å². The van der Waals surface area contributed by atoms with Crippen LogP contribution in [0.15, 0.2) is 12.3 Å². The molecule has 1 atom stereocenters. The van der Waals surface area contributed by atoms with Crippen molar-refractivity contribution < 1.29 is 33.8 Å². The van der Waals surface area contributed by atoms with Gasteiger partial charge in [-0.1, -0.05) is 6.92 Å². The fourth-order valence-corrected chi connectivity index (χ4v) is 3.72. The number of esters is 2. The molecule has 11 heteroatoms. The predicted molar refractivity (Wildman–Crippen MR) is 108 cm³/mol. The topological polar surface area (TPSA) is 137 Å². The second kappa shape index (κ2) is 10.0. The lowest BCUT2D eigenvalue weighted by Gasteiger charge is -2.14. The fourth-order valence-electron chi connectivity index (χ4n) is 2.63. The summed E-state index contributed by atoms with van der Waals surface area (Å²) in [5.41, 5.74) is 0.249. The van der Waals surface area contributed by atoms with Gasteiger partial charge in [0.15, 0.2) is 0 Å². The number of carboxylic acids is 1. The maximum atomic E-state index is 12.8. The molecule has 162 valence electrons. The predicted octanol–water partition coefficient (Wildman–Crippen LogP) is 2.89. The van der Waals surface area contributed by atoms with E-state index in [0.717, 1.165) is 16.0 Å². The van der Waals surface area contributed by atoms with Crippen LogP contribution in [0.4, 0.5) is 5.00 Å². The molecule has 30 heavy (non-hydrogen) atoms. The third kappa shape index (κ3) is 4.85. The number of carboxylic acid groups (broad SMARTS) is 1. The number of aromatic carboxylic acids is 1. The van der Waals surface area contributed by atoms with Crippen molar-refractivity contribution >= 4 is 40.2 Å². The molecule has 0 aliphatic heterocycles.